The number of aromatic nitrogens is 2. The first-order valence-electron chi connectivity index (χ1n) is 9.98. The molecule has 154 valence electrons. The molecule has 8 heteroatoms. The Morgan fingerprint density at radius 2 is 1.90 bits per heavy atom. The topological polar surface area (TPSA) is 71.6 Å². The molecule has 7 nitrogen and oxygen atoms in total. The van der Waals surface area contributed by atoms with E-state index in [0.717, 1.165) is 23.7 Å². The molecular weight excluding hydrogens is 400 g/mol. The van der Waals surface area contributed by atoms with Crippen LogP contribution >= 0.6 is 11.3 Å². The molecule has 4 aromatic rings. The molecule has 0 spiro atoms. The molecule has 0 aliphatic carbocycles. The predicted octanol–water partition coefficient (Wildman–Crippen LogP) is 3.17. The number of rotatable bonds is 3. The summed E-state index contributed by atoms with van der Waals surface area (Å²) in [6.07, 6.45) is 0. The number of carbonyl (C=O) groups is 1. The lowest BCUT2D eigenvalue weighted by molar-refractivity contribution is -0.132. The van der Waals surface area contributed by atoms with Gasteiger partial charge in [0.1, 0.15) is 6.54 Å². The van der Waals surface area contributed by atoms with Crippen molar-refractivity contribution in [2.75, 3.05) is 31.1 Å². The van der Waals surface area contributed by atoms with Crippen LogP contribution in [0.15, 0.2) is 45.6 Å². The molecule has 1 aliphatic rings. The number of nitrogens with zero attached hydrogens (tertiary/aromatic N) is 4. The summed E-state index contributed by atoms with van der Waals surface area (Å²) in [7, 11) is 0. The van der Waals surface area contributed by atoms with Gasteiger partial charge in [-0.1, -0.05) is 29.5 Å². The SMILES string of the molecule is Cc1cc(C)c2nc(N3CCN(C(=O)Cn4c(=O)oc5ccccc54)CC3)sc2c1. The largest absolute Gasteiger partial charge is 0.420 e. The van der Waals surface area contributed by atoms with Gasteiger partial charge in [-0.3, -0.25) is 9.36 Å². The molecular formula is C22H22N4O3S. The van der Waals surface area contributed by atoms with Crippen LogP contribution in [0.5, 0.6) is 0 Å². The van der Waals surface area contributed by atoms with Gasteiger partial charge in [0, 0.05) is 26.2 Å². The zero-order valence-electron chi connectivity index (χ0n) is 16.9. The fourth-order valence-corrected chi connectivity index (χ4v) is 5.23. The normalized spacial score (nSPS) is 14.7. The van der Waals surface area contributed by atoms with Gasteiger partial charge in [0.05, 0.1) is 15.7 Å². The van der Waals surface area contributed by atoms with E-state index in [1.54, 1.807) is 23.5 Å². The summed E-state index contributed by atoms with van der Waals surface area (Å²) in [5.74, 6) is -0.567. The van der Waals surface area contributed by atoms with E-state index in [2.05, 4.69) is 30.9 Å². The van der Waals surface area contributed by atoms with E-state index in [4.69, 9.17) is 9.40 Å². The summed E-state index contributed by atoms with van der Waals surface area (Å²) in [6, 6.07) is 11.5. The van der Waals surface area contributed by atoms with Crippen LogP contribution < -0.4 is 10.7 Å². The number of para-hydroxylation sites is 2. The Kier molecular flexibility index (Phi) is 4.58. The summed E-state index contributed by atoms with van der Waals surface area (Å²) in [5, 5.41) is 1.00. The standard InChI is InChI=1S/C22H22N4O3S/c1-14-11-15(2)20-18(12-14)30-21(23-20)25-9-7-24(8-10-25)19(27)13-26-16-5-3-4-6-17(16)29-22(26)28/h3-6,11-12H,7-10,13H2,1-2H3. The fourth-order valence-electron chi connectivity index (χ4n) is 4.04. The highest BCUT2D eigenvalue weighted by Gasteiger charge is 2.24. The molecule has 5 rings (SSSR count). The summed E-state index contributed by atoms with van der Waals surface area (Å²) >= 11 is 1.70. The third kappa shape index (κ3) is 3.27. The molecule has 3 heterocycles. The lowest BCUT2D eigenvalue weighted by Crippen LogP contribution is -2.50. The maximum Gasteiger partial charge on any atom is 0.420 e. The molecule has 2 aromatic heterocycles. The molecule has 2 aromatic carbocycles. The van der Waals surface area contributed by atoms with Crippen molar-refractivity contribution in [3.8, 4) is 0 Å². The zero-order chi connectivity index (χ0) is 20.8. The highest BCUT2D eigenvalue weighted by atomic mass is 32.1. The summed E-state index contributed by atoms with van der Waals surface area (Å²) in [5.41, 5.74) is 4.65. The van der Waals surface area contributed by atoms with Crippen LogP contribution in [0.1, 0.15) is 11.1 Å². The molecule has 1 saturated heterocycles. The summed E-state index contributed by atoms with van der Waals surface area (Å²) in [4.78, 5) is 33.8. The second-order valence-corrected chi connectivity index (χ2v) is 8.72. The molecule has 0 atom stereocenters. The average molecular weight is 423 g/mol. The van der Waals surface area contributed by atoms with E-state index in [1.807, 2.05) is 17.0 Å². The lowest BCUT2D eigenvalue weighted by Gasteiger charge is -2.34. The zero-order valence-corrected chi connectivity index (χ0v) is 17.7. The summed E-state index contributed by atoms with van der Waals surface area (Å²) < 4.78 is 7.84. The molecule has 0 saturated carbocycles. The monoisotopic (exact) mass is 422 g/mol. The van der Waals surface area contributed by atoms with Gasteiger partial charge in [-0.05, 0) is 43.2 Å². The summed E-state index contributed by atoms with van der Waals surface area (Å²) in [6.45, 7) is 6.86. The lowest BCUT2D eigenvalue weighted by atomic mass is 10.1. The first-order valence-corrected chi connectivity index (χ1v) is 10.8. The number of oxazole rings is 1. The van der Waals surface area contributed by atoms with Gasteiger partial charge in [-0.2, -0.15) is 0 Å². The number of anilines is 1. The van der Waals surface area contributed by atoms with Gasteiger partial charge >= 0.3 is 5.76 Å². The van der Waals surface area contributed by atoms with Crippen LogP contribution in [0, 0.1) is 13.8 Å². The maximum absolute atomic E-state index is 12.8. The predicted molar refractivity (Wildman–Crippen MR) is 118 cm³/mol. The van der Waals surface area contributed by atoms with Gasteiger partial charge in [0.25, 0.3) is 0 Å². The Morgan fingerprint density at radius 3 is 2.70 bits per heavy atom. The second kappa shape index (κ2) is 7.28. The number of benzene rings is 2. The third-order valence-corrected chi connectivity index (χ3v) is 6.65. The minimum atomic E-state index is -0.497. The maximum atomic E-state index is 12.8. The van der Waals surface area contributed by atoms with Crippen molar-refractivity contribution in [3.05, 3.63) is 58.1 Å². The van der Waals surface area contributed by atoms with E-state index < -0.39 is 5.76 Å². The fraction of sp³-hybridized carbons (Fsp3) is 0.318. The average Bonchev–Trinajstić information content (AvgIpc) is 3.29. The van der Waals surface area contributed by atoms with Crippen molar-refractivity contribution in [2.45, 2.75) is 20.4 Å². The van der Waals surface area contributed by atoms with Crippen LogP contribution in [0.25, 0.3) is 21.3 Å². The number of hydrogen-bond donors (Lipinski definition) is 0. The van der Waals surface area contributed by atoms with Crippen LogP contribution in [0.4, 0.5) is 5.13 Å². The first kappa shape index (κ1) is 18.9. The van der Waals surface area contributed by atoms with Crippen molar-refractivity contribution < 1.29 is 9.21 Å². The first-order chi connectivity index (χ1) is 14.5. The van der Waals surface area contributed by atoms with Crippen LogP contribution in [-0.2, 0) is 11.3 Å². The van der Waals surface area contributed by atoms with Crippen molar-refractivity contribution in [1.29, 1.82) is 0 Å². The number of fused-ring (bicyclic) bond motifs is 2. The van der Waals surface area contributed by atoms with E-state index in [0.29, 0.717) is 24.2 Å². The van der Waals surface area contributed by atoms with Crippen LogP contribution in [-0.4, -0.2) is 46.5 Å². The minimum absolute atomic E-state index is 0.00451. The Balaban J connectivity index is 1.29. The highest BCUT2D eigenvalue weighted by molar-refractivity contribution is 7.22. The number of hydrogen-bond acceptors (Lipinski definition) is 6. The number of aryl methyl sites for hydroxylation is 2. The second-order valence-electron chi connectivity index (χ2n) is 7.71. The molecule has 0 bridgehead atoms. The molecule has 1 amide bonds. The van der Waals surface area contributed by atoms with Crippen molar-refractivity contribution in [1.82, 2.24) is 14.5 Å². The van der Waals surface area contributed by atoms with Crippen molar-refractivity contribution >= 4 is 43.7 Å². The molecule has 1 aliphatic heterocycles. The Labute approximate surface area is 177 Å². The molecule has 1 fully saturated rings. The number of amides is 1. The Morgan fingerprint density at radius 1 is 1.13 bits per heavy atom. The number of piperazine rings is 1. The van der Waals surface area contributed by atoms with E-state index in [-0.39, 0.29) is 12.5 Å². The quantitative estimate of drug-likeness (QED) is 0.507. The third-order valence-electron chi connectivity index (χ3n) is 5.59. The molecule has 0 radical (unpaired) electrons. The molecule has 0 unspecified atom stereocenters. The number of thiazole rings is 1. The van der Waals surface area contributed by atoms with E-state index >= 15 is 0 Å². The van der Waals surface area contributed by atoms with Crippen LogP contribution in [0.2, 0.25) is 0 Å². The van der Waals surface area contributed by atoms with E-state index in [1.165, 1.54) is 20.4 Å². The Hall–Kier alpha value is -3.13. The molecule has 30 heavy (non-hydrogen) atoms. The molecule has 0 N–H and O–H groups in total. The van der Waals surface area contributed by atoms with Crippen molar-refractivity contribution in [3.63, 3.8) is 0 Å². The highest BCUT2D eigenvalue weighted by Crippen LogP contribution is 2.32. The van der Waals surface area contributed by atoms with E-state index in [9.17, 15) is 9.59 Å². The van der Waals surface area contributed by atoms with Gasteiger partial charge in [-0.25, -0.2) is 9.78 Å². The minimum Gasteiger partial charge on any atom is -0.408 e. The van der Waals surface area contributed by atoms with Gasteiger partial charge < -0.3 is 14.2 Å². The van der Waals surface area contributed by atoms with Crippen molar-refractivity contribution in [2.24, 2.45) is 0 Å². The Bertz CT molecular complexity index is 1310. The smallest absolute Gasteiger partial charge is 0.408 e. The number of carbonyl (C=O) groups excluding carboxylic acids is 1. The van der Waals surface area contributed by atoms with Crippen LogP contribution in [0.3, 0.4) is 0 Å². The van der Waals surface area contributed by atoms with Gasteiger partial charge in [0.15, 0.2) is 10.7 Å². The van der Waals surface area contributed by atoms with Gasteiger partial charge in [0.2, 0.25) is 5.91 Å². The van der Waals surface area contributed by atoms with Gasteiger partial charge in [-0.15, -0.1) is 0 Å².